The van der Waals surface area contributed by atoms with E-state index >= 15 is 0 Å². The first kappa shape index (κ1) is 22.3. The number of aryl methyl sites for hydroxylation is 2. The smallest absolute Gasteiger partial charge is 0.261 e. The summed E-state index contributed by atoms with van der Waals surface area (Å²) in [5, 5.41) is 0. The molecular weight excluding hydrogens is 398 g/mol. The molecule has 0 N–H and O–H groups in total. The molecular formula is C24H31NO4S. The molecule has 2 aromatic rings. The molecule has 162 valence electrons. The molecule has 1 heterocycles. The summed E-state index contributed by atoms with van der Waals surface area (Å²) in [7, 11) is -3.10. The van der Waals surface area contributed by atoms with Crippen molar-refractivity contribution in [2.24, 2.45) is 0 Å². The van der Waals surface area contributed by atoms with Gasteiger partial charge in [0.2, 0.25) is 0 Å². The Bertz CT molecular complexity index is 996. The van der Waals surface area contributed by atoms with Crippen LogP contribution in [-0.4, -0.2) is 43.4 Å². The van der Waals surface area contributed by atoms with Gasteiger partial charge in [-0.3, -0.25) is 4.79 Å². The van der Waals surface area contributed by atoms with E-state index in [0.717, 1.165) is 22.3 Å². The van der Waals surface area contributed by atoms with Gasteiger partial charge < -0.3 is 9.64 Å². The Labute approximate surface area is 180 Å². The fourth-order valence-electron chi connectivity index (χ4n) is 3.80. The predicted molar refractivity (Wildman–Crippen MR) is 120 cm³/mol. The molecule has 0 aliphatic carbocycles. The van der Waals surface area contributed by atoms with E-state index < -0.39 is 9.84 Å². The number of rotatable bonds is 7. The number of amides is 1. The Morgan fingerprint density at radius 3 is 2.37 bits per heavy atom. The van der Waals surface area contributed by atoms with E-state index in [9.17, 15) is 13.2 Å². The number of sulfone groups is 1. The molecule has 0 bridgehead atoms. The van der Waals surface area contributed by atoms with Crippen molar-refractivity contribution in [3.05, 3.63) is 64.7 Å². The third-order valence-corrected chi connectivity index (χ3v) is 7.34. The molecule has 1 aliphatic rings. The number of benzene rings is 2. The van der Waals surface area contributed by atoms with Gasteiger partial charge in [0.15, 0.2) is 16.4 Å². The fourth-order valence-corrected chi connectivity index (χ4v) is 5.53. The number of ether oxygens (including phenoxy) is 1. The topological polar surface area (TPSA) is 63.7 Å². The first-order chi connectivity index (χ1) is 14.1. The van der Waals surface area contributed by atoms with Crippen LogP contribution in [0.4, 0.5) is 0 Å². The van der Waals surface area contributed by atoms with E-state index in [1.165, 1.54) is 0 Å². The van der Waals surface area contributed by atoms with E-state index in [2.05, 4.69) is 13.8 Å². The van der Waals surface area contributed by atoms with Crippen LogP contribution < -0.4 is 4.74 Å². The quantitative estimate of drug-likeness (QED) is 0.667. The third kappa shape index (κ3) is 5.63. The standard InChI is InChI=1S/C24H31NO4S/c1-17(2)22-10-7-19(4)13-23(22)29-15-24(26)25(21-11-12-30(27,28)16-21)14-20-8-5-18(3)6-9-20/h5-10,13,17,21H,11-12,14-16H2,1-4H3. The first-order valence-electron chi connectivity index (χ1n) is 10.4. The van der Waals surface area contributed by atoms with Gasteiger partial charge in [-0.1, -0.05) is 55.8 Å². The van der Waals surface area contributed by atoms with Gasteiger partial charge in [0.05, 0.1) is 11.5 Å². The van der Waals surface area contributed by atoms with Gasteiger partial charge in [0.25, 0.3) is 5.91 Å². The van der Waals surface area contributed by atoms with E-state index in [0.29, 0.717) is 18.7 Å². The van der Waals surface area contributed by atoms with Crippen LogP contribution in [0.2, 0.25) is 0 Å². The number of hydrogen-bond acceptors (Lipinski definition) is 4. The van der Waals surface area contributed by atoms with Gasteiger partial charge >= 0.3 is 0 Å². The number of carbonyl (C=O) groups is 1. The number of nitrogens with zero attached hydrogens (tertiary/aromatic N) is 1. The zero-order chi connectivity index (χ0) is 21.9. The zero-order valence-electron chi connectivity index (χ0n) is 18.2. The second-order valence-corrected chi connectivity index (χ2v) is 10.8. The first-order valence-corrected chi connectivity index (χ1v) is 12.3. The van der Waals surface area contributed by atoms with Crippen molar-refractivity contribution < 1.29 is 17.9 Å². The molecule has 1 fully saturated rings. The van der Waals surface area contributed by atoms with Crippen molar-refractivity contribution in [3.8, 4) is 5.75 Å². The Kier molecular flexibility index (Phi) is 6.86. The molecule has 1 atom stereocenters. The van der Waals surface area contributed by atoms with Crippen LogP contribution in [0.3, 0.4) is 0 Å². The van der Waals surface area contributed by atoms with Gasteiger partial charge in [0, 0.05) is 12.6 Å². The molecule has 1 saturated heterocycles. The van der Waals surface area contributed by atoms with Crippen LogP contribution >= 0.6 is 0 Å². The van der Waals surface area contributed by atoms with Gasteiger partial charge in [0.1, 0.15) is 5.75 Å². The summed E-state index contributed by atoms with van der Waals surface area (Å²) in [6, 6.07) is 13.7. The van der Waals surface area contributed by atoms with Crippen LogP contribution in [0.1, 0.15) is 48.4 Å². The zero-order valence-corrected chi connectivity index (χ0v) is 19.0. The average Bonchev–Trinajstić information content (AvgIpc) is 3.04. The Hall–Kier alpha value is -2.34. The highest BCUT2D eigenvalue weighted by Crippen LogP contribution is 2.28. The maximum atomic E-state index is 13.2. The second kappa shape index (κ2) is 9.21. The molecule has 5 nitrogen and oxygen atoms in total. The van der Waals surface area contributed by atoms with Crippen LogP contribution in [0.5, 0.6) is 5.75 Å². The van der Waals surface area contributed by atoms with Gasteiger partial charge in [-0.15, -0.1) is 0 Å². The van der Waals surface area contributed by atoms with Crippen LogP contribution in [0, 0.1) is 13.8 Å². The van der Waals surface area contributed by atoms with Crippen molar-refractivity contribution >= 4 is 15.7 Å². The molecule has 3 rings (SSSR count). The van der Waals surface area contributed by atoms with Crippen molar-refractivity contribution in [3.63, 3.8) is 0 Å². The van der Waals surface area contributed by atoms with Crippen LogP contribution in [-0.2, 0) is 21.2 Å². The summed E-state index contributed by atoms with van der Waals surface area (Å²) in [5.41, 5.74) is 4.25. The highest BCUT2D eigenvalue weighted by atomic mass is 32.2. The molecule has 0 spiro atoms. The molecule has 6 heteroatoms. The SMILES string of the molecule is Cc1ccc(CN(C(=O)COc2cc(C)ccc2C(C)C)C2CCS(=O)(=O)C2)cc1. The molecule has 0 aromatic heterocycles. The minimum absolute atomic E-state index is 0.0201. The summed E-state index contributed by atoms with van der Waals surface area (Å²) < 4.78 is 30.0. The van der Waals surface area contributed by atoms with Gasteiger partial charge in [-0.25, -0.2) is 8.42 Å². The Morgan fingerprint density at radius 1 is 1.10 bits per heavy atom. The molecule has 0 radical (unpaired) electrons. The van der Waals surface area contributed by atoms with Gasteiger partial charge in [-0.05, 0) is 48.9 Å². The van der Waals surface area contributed by atoms with E-state index in [1.807, 2.05) is 56.3 Å². The minimum atomic E-state index is -3.10. The maximum Gasteiger partial charge on any atom is 0.261 e. The summed E-state index contributed by atoms with van der Waals surface area (Å²) in [6.07, 6.45) is 0.474. The lowest BCUT2D eigenvalue weighted by molar-refractivity contribution is -0.136. The predicted octanol–water partition coefficient (Wildman–Crippen LogP) is 4.02. The summed E-state index contributed by atoms with van der Waals surface area (Å²) in [5.74, 6) is 0.957. The van der Waals surface area contributed by atoms with Crippen molar-refractivity contribution in [2.75, 3.05) is 18.1 Å². The second-order valence-electron chi connectivity index (χ2n) is 8.55. The van der Waals surface area contributed by atoms with E-state index in [-0.39, 0.29) is 36.0 Å². The van der Waals surface area contributed by atoms with Crippen LogP contribution in [0.15, 0.2) is 42.5 Å². The highest BCUT2D eigenvalue weighted by Gasteiger charge is 2.34. The molecule has 0 saturated carbocycles. The lowest BCUT2D eigenvalue weighted by Gasteiger charge is -2.29. The average molecular weight is 430 g/mol. The molecule has 2 aromatic carbocycles. The lowest BCUT2D eigenvalue weighted by Crippen LogP contribution is -2.43. The summed E-state index contributed by atoms with van der Waals surface area (Å²) in [4.78, 5) is 14.8. The minimum Gasteiger partial charge on any atom is -0.483 e. The normalized spacial score (nSPS) is 17.8. The molecule has 30 heavy (non-hydrogen) atoms. The Balaban J connectivity index is 1.78. The number of hydrogen-bond donors (Lipinski definition) is 0. The third-order valence-electron chi connectivity index (χ3n) is 5.59. The monoisotopic (exact) mass is 429 g/mol. The largest absolute Gasteiger partial charge is 0.483 e. The maximum absolute atomic E-state index is 13.2. The summed E-state index contributed by atoms with van der Waals surface area (Å²) in [6.45, 7) is 8.46. The Morgan fingerprint density at radius 2 is 1.77 bits per heavy atom. The fraction of sp³-hybridized carbons (Fsp3) is 0.458. The molecule has 1 amide bonds. The molecule has 1 unspecified atom stereocenters. The van der Waals surface area contributed by atoms with Gasteiger partial charge in [-0.2, -0.15) is 0 Å². The van der Waals surface area contributed by atoms with Crippen molar-refractivity contribution in [1.29, 1.82) is 0 Å². The highest BCUT2D eigenvalue weighted by molar-refractivity contribution is 7.91. The lowest BCUT2D eigenvalue weighted by atomic mass is 10.0. The van der Waals surface area contributed by atoms with Crippen molar-refractivity contribution in [2.45, 2.75) is 52.6 Å². The van der Waals surface area contributed by atoms with Crippen molar-refractivity contribution in [1.82, 2.24) is 4.90 Å². The summed E-state index contributed by atoms with van der Waals surface area (Å²) >= 11 is 0. The van der Waals surface area contributed by atoms with Crippen LogP contribution in [0.25, 0.3) is 0 Å². The molecule has 1 aliphatic heterocycles. The van der Waals surface area contributed by atoms with E-state index in [4.69, 9.17) is 4.74 Å². The number of carbonyl (C=O) groups excluding carboxylic acids is 1. The van der Waals surface area contributed by atoms with E-state index in [1.54, 1.807) is 4.90 Å².